The van der Waals surface area contributed by atoms with Crippen molar-refractivity contribution in [1.82, 2.24) is 4.90 Å². The van der Waals surface area contributed by atoms with Crippen LogP contribution in [0.5, 0.6) is 0 Å². The molecule has 0 amide bonds. The molecule has 0 radical (unpaired) electrons. The summed E-state index contributed by atoms with van der Waals surface area (Å²) in [6.07, 6.45) is -3.42. The highest BCUT2D eigenvalue weighted by molar-refractivity contribution is 7.80. The maximum Gasteiger partial charge on any atom is 0.416 e. The smallest absolute Gasteiger partial charge is 0.344 e. The molecule has 120 valence electrons. The molecule has 3 rings (SSSR count). The largest absolute Gasteiger partial charge is 0.416 e. The van der Waals surface area contributed by atoms with Crippen LogP contribution < -0.4 is 5.32 Å². The molecule has 0 fully saturated rings. The van der Waals surface area contributed by atoms with Crippen molar-refractivity contribution in [2.45, 2.75) is 19.1 Å². The SMILES string of the molecule is FC(F)(F)c1ccc(NC(=S)N2CCc3ccccc3C2)cc1. The second-order valence-corrected chi connectivity index (χ2v) is 5.83. The Labute approximate surface area is 137 Å². The topological polar surface area (TPSA) is 15.3 Å². The van der Waals surface area contributed by atoms with E-state index in [1.54, 1.807) is 0 Å². The summed E-state index contributed by atoms with van der Waals surface area (Å²) in [6.45, 7) is 1.51. The fraction of sp³-hybridized carbons (Fsp3) is 0.235. The Kier molecular flexibility index (Phi) is 4.26. The first-order valence-corrected chi connectivity index (χ1v) is 7.64. The van der Waals surface area contributed by atoms with Crippen LogP contribution in [0.25, 0.3) is 0 Å². The lowest BCUT2D eigenvalue weighted by Crippen LogP contribution is -2.38. The molecule has 2 aromatic rings. The molecule has 0 saturated carbocycles. The van der Waals surface area contributed by atoms with E-state index in [9.17, 15) is 13.2 Å². The van der Waals surface area contributed by atoms with E-state index >= 15 is 0 Å². The molecule has 1 aliphatic heterocycles. The molecule has 1 heterocycles. The van der Waals surface area contributed by atoms with E-state index in [4.69, 9.17) is 12.2 Å². The molecule has 0 spiro atoms. The minimum atomic E-state index is -4.32. The first-order valence-electron chi connectivity index (χ1n) is 7.23. The van der Waals surface area contributed by atoms with Crippen LogP contribution in [0, 0.1) is 0 Å². The van der Waals surface area contributed by atoms with Crippen LogP contribution in [0.3, 0.4) is 0 Å². The molecule has 0 unspecified atom stereocenters. The predicted octanol–water partition coefficient (Wildman–Crippen LogP) is 4.46. The number of fused-ring (bicyclic) bond motifs is 1. The molecule has 1 aliphatic rings. The zero-order valence-corrected chi connectivity index (χ0v) is 13.0. The normalized spacial score (nSPS) is 14.3. The van der Waals surface area contributed by atoms with Gasteiger partial charge >= 0.3 is 6.18 Å². The van der Waals surface area contributed by atoms with Crippen LogP contribution in [0.2, 0.25) is 0 Å². The number of halogens is 3. The van der Waals surface area contributed by atoms with Gasteiger partial charge in [0.1, 0.15) is 0 Å². The predicted molar refractivity (Wildman–Crippen MR) is 88.2 cm³/mol. The molecular weight excluding hydrogens is 321 g/mol. The lowest BCUT2D eigenvalue weighted by Gasteiger charge is -2.31. The minimum Gasteiger partial charge on any atom is -0.344 e. The molecule has 0 atom stereocenters. The lowest BCUT2D eigenvalue weighted by molar-refractivity contribution is -0.137. The Morgan fingerprint density at radius 2 is 1.65 bits per heavy atom. The van der Waals surface area contributed by atoms with E-state index in [0.29, 0.717) is 17.3 Å². The van der Waals surface area contributed by atoms with Crippen LogP contribution >= 0.6 is 12.2 Å². The first kappa shape index (κ1) is 15.8. The maximum absolute atomic E-state index is 12.6. The Balaban J connectivity index is 1.66. The minimum absolute atomic E-state index is 0.527. The van der Waals surface area contributed by atoms with Gasteiger partial charge < -0.3 is 10.2 Å². The third kappa shape index (κ3) is 3.64. The van der Waals surface area contributed by atoms with Crippen LogP contribution in [0.1, 0.15) is 16.7 Å². The van der Waals surface area contributed by atoms with Gasteiger partial charge in [-0.25, -0.2) is 0 Å². The third-order valence-corrected chi connectivity index (χ3v) is 4.24. The highest BCUT2D eigenvalue weighted by Crippen LogP contribution is 2.30. The van der Waals surface area contributed by atoms with E-state index in [2.05, 4.69) is 17.4 Å². The van der Waals surface area contributed by atoms with Crippen molar-refractivity contribution in [2.24, 2.45) is 0 Å². The number of hydrogen-bond donors (Lipinski definition) is 1. The van der Waals surface area contributed by atoms with Crippen LogP contribution in [-0.2, 0) is 19.1 Å². The molecule has 6 heteroatoms. The van der Waals surface area contributed by atoms with E-state index in [-0.39, 0.29) is 0 Å². The highest BCUT2D eigenvalue weighted by Gasteiger charge is 2.30. The molecule has 2 aromatic carbocycles. The standard InChI is InChI=1S/C17H15F3N2S/c18-17(19,20)14-5-7-15(8-6-14)21-16(23)22-10-9-12-3-1-2-4-13(12)11-22/h1-8H,9-11H2,(H,21,23). The van der Waals surface area contributed by atoms with E-state index in [0.717, 1.165) is 25.1 Å². The van der Waals surface area contributed by atoms with Crippen molar-refractivity contribution < 1.29 is 13.2 Å². The summed E-state index contributed by atoms with van der Waals surface area (Å²) in [5.41, 5.74) is 2.44. The number of benzene rings is 2. The highest BCUT2D eigenvalue weighted by atomic mass is 32.1. The summed E-state index contributed by atoms with van der Waals surface area (Å²) in [4.78, 5) is 2.02. The summed E-state index contributed by atoms with van der Waals surface area (Å²) >= 11 is 5.38. The van der Waals surface area contributed by atoms with Crippen molar-refractivity contribution >= 4 is 23.0 Å². The fourth-order valence-electron chi connectivity index (χ4n) is 2.61. The second-order valence-electron chi connectivity index (χ2n) is 5.45. The summed E-state index contributed by atoms with van der Waals surface area (Å²) < 4.78 is 37.7. The molecule has 0 aliphatic carbocycles. The van der Waals surface area contributed by atoms with Gasteiger partial charge in [0.05, 0.1) is 5.56 Å². The average molecular weight is 336 g/mol. The van der Waals surface area contributed by atoms with E-state index in [1.807, 2.05) is 17.0 Å². The number of nitrogens with one attached hydrogen (secondary N) is 1. The van der Waals surface area contributed by atoms with Gasteiger partial charge in [0, 0.05) is 18.8 Å². The number of alkyl halides is 3. The summed E-state index contributed by atoms with van der Waals surface area (Å²) in [6, 6.07) is 13.1. The monoisotopic (exact) mass is 336 g/mol. The van der Waals surface area contributed by atoms with Crippen molar-refractivity contribution in [3.8, 4) is 0 Å². The molecule has 23 heavy (non-hydrogen) atoms. The van der Waals surface area contributed by atoms with Crippen LogP contribution in [0.15, 0.2) is 48.5 Å². The van der Waals surface area contributed by atoms with Gasteiger partial charge in [-0.15, -0.1) is 0 Å². The quantitative estimate of drug-likeness (QED) is 0.774. The number of anilines is 1. The third-order valence-electron chi connectivity index (χ3n) is 3.88. The van der Waals surface area contributed by atoms with Crippen molar-refractivity contribution in [3.05, 3.63) is 65.2 Å². The Bertz CT molecular complexity index is 711. The van der Waals surface area contributed by atoms with Gasteiger partial charge in [0.25, 0.3) is 0 Å². The molecule has 0 bridgehead atoms. The van der Waals surface area contributed by atoms with E-state index < -0.39 is 11.7 Å². The number of thiocarbonyl (C=S) groups is 1. The number of hydrogen-bond acceptors (Lipinski definition) is 1. The number of rotatable bonds is 1. The number of nitrogens with zero attached hydrogens (tertiary/aromatic N) is 1. The Morgan fingerprint density at radius 3 is 2.30 bits per heavy atom. The van der Waals surface area contributed by atoms with Gasteiger partial charge in [-0.2, -0.15) is 13.2 Å². The summed E-state index contributed by atoms with van der Waals surface area (Å²) in [5, 5.41) is 3.54. The van der Waals surface area contributed by atoms with Crippen LogP contribution in [0.4, 0.5) is 18.9 Å². The lowest BCUT2D eigenvalue weighted by atomic mass is 10.0. The summed E-state index contributed by atoms with van der Waals surface area (Å²) in [5.74, 6) is 0. The zero-order valence-electron chi connectivity index (χ0n) is 12.2. The zero-order chi connectivity index (χ0) is 16.4. The van der Waals surface area contributed by atoms with Crippen LogP contribution in [-0.4, -0.2) is 16.6 Å². The molecule has 1 N–H and O–H groups in total. The average Bonchev–Trinajstić information content (AvgIpc) is 2.54. The van der Waals surface area contributed by atoms with Gasteiger partial charge in [0.15, 0.2) is 5.11 Å². The second kappa shape index (κ2) is 6.20. The Hall–Kier alpha value is -2.08. The summed E-state index contributed by atoms with van der Waals surface area (Å²) in [7, 11) is 0. The Morgan fingerprint density at radius 1 is 1.00 bits per heavy atom. The van der Waals surface area contributed by atoms with Crippen molar-refractivity contribution in [3.63, 3.8) is 0 Å². The fourth-order valence-corrected chi connectivity index (χ4v) is 2.89. The van der Waals surface area contributed by atoms with Crippen molar-refractivity contribution in [1.29, 1.82) is 0 Å². The van der Waals surface area contributed by atoms with Gasteiger partial charge in [-0.3, -0.25) is 0 Å². The van der Waals surface area contributed by atoms with Gasteiger partial charge in [0.2, 0.25) is 0 Å². The maximum atomic E-state index is 12.6. The van der Waals surface area contributed by atoms with E-state index in [1.165, 1.54) is 23.3 Å². The molecule has 0 aromatic heterocycles. The molecular formula is C17H15F3N2S. The van der Waals surface area contributed by atoms with Gasteiger partial charge in [-0.1, -0.05) is 24.3 Å². The molecule has 2 nitrogen and oxygen atoms in total. The first-order chi connectivity index (χ1) is 10.9. The van der Waals surface area contributed by atoms with Crippen molar-refractivity contribution in [2.75, 3.05) is 11.9 Å². The molecule has 0 saturated heterocycles. The van der Waals surface area contributed by atoms with Gasteiger partial charge in [-0.05, 0) is 54.0 Å².